The number of ether oxygens (including phenoxy) is 1. The molecule has 2 heterocycles. The summed E-state index contributed by atoms with van der Waals surface area (Å²) >= 11 is 0. The van der Waals surface area contributed by atoms with E-state index >= 15 is 0 Å². The van der Waals surface area contributed by atoms with E-state index in [-0.39, 0.29) is 6.04 Å². The van der Waals surface area contributed by atoms with Crippen molar-refractivity contribution in [2.45, 2.75) is 26.3 Å². The molecule has 0 saturated carbocycles. The van der Waals surface area contributed by atoms with E-state index in [0.717, 1.165) is 30.2 Å². The third-order valence-corrected chi connectivity index (χ3v) is 2.80. The molecule has 0 bridgehead atoms. The van der Waals surface area contributed by atoms with Crippen molar-refractivity contribution in [3.05, 3.63) is 41.7 Å². The molecule has 2 aromatic rings. The molecule has 102 valence electrons. The third kappa shape index (κ3) is 3.12. The average Bonchev–Trinajstić information content (AvgIpc) is 2.86. The van der Waals surface area contributed by atoms with Crippen LogP contribution in [0.1, 0.15) is 36.6 Å². The zero-order valence-corrected chi connectivity index (χ0v) is 11.5. The van der Waals surface area contributed by atoms with E-state index in [0.29, 0.717) is 5.88 Å². The summed E-state index contributed by atoms with van der Waals surface area (Å²) in [4.78, 5) is 8.57. The lowest BCUT2D eigenvalue weighted by Gasteiger charge is -2.17. The summed E-state index contributed by atoms with van der Waals surface area (Å²) < 4.78 is 11.0. The molecule has 2 rings (SSSR count). The molecule has 0 aliphatic heterocycles. The maximum atomic E-state index is 5.71. The van der Waals surface area contributed by atoms with Crippen LogP contribution in [0.4, 0.5) is 0 Å². The van der Waals surface area contributed by atoms with Gasteiger partial charge in [0.15, 0.2) is 0 Å². The highest BCUT2D eigenvalue weighted by Gasteiger charge is 2.22. The topological polar surface area (TPSA) is 60.2 Å². The molecule has 2 aromatic heterocycles. The fourth-order valence-electron chi connectivity index (χ4n) is 1.92. The summed E-state index contributed by atoms with van der Waals surface area (Å²) in [7, 11) is 1.60. The van der Waals surface area contributed by atoms with Crippen molar-refractivity contribution in [1.82, 2.24) is 15.3 Å². The Hall–Kier alpha value is -1.88. The maximum absolute atomic E-state index is 5.71. The summed E-state index contributed by atoms with van der Waals surface area (Å²) in [5, 5.41) is 3.41. The summed E-state index contributed by atoms with van der Waals surface area (Å²) in [5.74, 6) is 2.22. The Bertz CT molecular complexity index is 525. The minimum Gasteiger partial charge on any atom is -0.480 e. The van der Waals surface area contributed by atoms with Crippen LogP contribution in [0.25, 0.3) is 0 Å². The lowest BCUT2D eigenvalue weighted by Crippen LogP contribution is -2.24. The van der Waals surface area contributed by atoms with E-state index in [2.05, 4.69) is 22.2 Å². The van der Waals surface area contributed by atoms with Crippen LogP contribution >= 0.6 is 0 Å². The van der Waals surface area contributed by atoms with Crippen molar-refractivity contribution >= 4 is 0 Å². The number of nitrogens with one attached hydrogen (secondary N) is 1. The first kappa shape index (κ1) is 13.5. The Labute approximate surface area is 113 Å². The second kappa shape index (κ2) is 6.33. The molecule has 0 aromatic carbocycles. The number of methoxy groups -OCH3 is 1. The summed E-state index contributed by atoms with van der Waals surface area (Å²) in [6, 6.07) is 3.76. The van der Waals surface area contributed by atoms with Crippen LogP contribution < -0.4 is 10.1 Å². The number of hydrogen-bond acceptors (Lipinski definition) is 5. The van der Waals surface area contributed by atoms with Gasteiger partial charge in [-0.2, -0.15) is 0 Å². The fourth-order valence-corrected chi connectivity index (χ4v) is 1.92. The molecule has 1 atom stereocenters. The molecular weight excluding hydrogens is 242 g/mol. The van der Waals surface area contributed by atoms with E-state index in [4.69, 9.17) is 9.15 Å². The lowest BCUT2D eigenvalue weighted by atomic mass is 10.1. The largest absolute Gasteiger partial charge is 0.480 e. The molecule has 0 spiro atoms. The molecule has 0 saturated heterocycles. The Morgan fingerprint density at radius 3 is 2.74 bits per heavy atom. The minimum absolute atomic E-state index is 0.141. The van der Waals surface area contributed by atoms with Crippen molar-refractivity contribution in [3.63, 3.8) is 0 Å². The number of furan rings is 1. The molecule has 0 radical (unpaired) electrons. The first-order chi connectivity index (χ1) is 9.26. The highest BCUT2D eigenvalue weighted by Crippen LogP contribution is 2.27. The number of nitrogens with zero attached hydrogens (tertiary/aromatic N) is 2. The van der Waals surface area contributed by atoms with Gasteiger partial charge in [0.05, 0.1) is 7.11 Å². The van der Waals surface area contributed by atoms with E-state index in [9.17, 15) is 0 Å². The predicted molar refractivity (Wildman–Crippen MR) is 72.2 cm³/mol. The van der Waals surface area contributed by atoms with E-state index in [1.165, 1.54) is 0 Å². The normalized spacial score (nSPS) is 12.4. The van der Waals surface area contributed by atoms with Gasteiger partial charge in [0, 0.05) is 12.4 Å². The Morgan fingerprint density at radius 1 is 1.32 bits per heavy atom. The molecular formula is C14H19N3O2. The summed E-state index contributed by atoms with van der Waals surface area (Å²) in [6.07, 6.45) is 4.31. The van der Waals surface area contributed by atoms with Crippen LogP contribution in [0.15, 0.2) is 28.9 Å². The number of rotatable bonds is 6. The van der Waals surface area contributed by atoms with Crippen LogP contribution in [-0.4, -0.2) is 23.6 Å². The van der Waals surface area contributed by atoms with E-state index in [1.54, 1.807) is 19.5 Å². The van der Waals surface area contributed by atoms with Crippen molar-refractivity contribution in [3.8, 4) is 5.88 Å². The van der Waals surface area contributed by atoms with E-state index < -0.39 is 0 Å². The van der Waals surface area contributed by atoms with Crippen molar-refractivity contribution in [2.75, 3.05) is 13.7 Å². The van der Waals surface area contributed by atoms with Crippen molar-refractivity contribution in [2.24, 2.45) is 0 Å². The van der Waals surface area contributed by atoms with Gasteiger partial charge in [-0.1, -0.05) is 6.92 Å². The molecule has 0 amide bonds. The SMILES string of the molecule is CCCNC(c1ccc(C)o1)c1nccnc1OC. The highest BCUT2D eigenvalue weighted by atomic mass is 16.5. The predicted octanol–water partition coefficient (Wildman–Crippen LogP) is 2.48. The lowest BCUT2D eigenvalue weighted by molar-refractivity contribution is 0.370. The summed E-state index contributed by atoms with van der Waals surface area (Å²) in [5.41, 5.74) is 0.743. The standard InChI is InChI=1S/C14H19N3O2/c1-4-7-15-12(11-6-5-10(2)19-11)13-14(18-3)17-9-8-16-13/h5-6,8-9,12,15H,4,7H2,1-3H3. The average molecular weight is 261 g/mol. The van der Waals surface area contributed by atoms with Crippen molar-refractivity contribution < 1.29 is 9.15 Å². The molecule has 1 unspecified atom stereocenters. The Morgan fingerprint density at radius 2 is 2.11 bits per heavy atom. The maximum Gasteiger partial charge on any atom is 0.237 e. The molecule has 0 aliphatic rings. The van der Waals surface area contributed by atoms with Crippen LogP contribution in [0, 0.1) is 6.92 Å². The summed E-state index contributed by atoms with van der Waals surface area (Å²) in [6.45, 7) is 4.91. The van der Waals surface area contributed by atoms with Gasteiger partial charge < -0.3 is 14.5 Å². The van der Waals surface area contributed by atoms with Crippen LogP contribution in [-0.2, 0) is 0 Å². The smallest absolute Gasteiger partial charge is 0.237 e. The molecule has 1 N–H and O–H groups in total. The first-order valence-corrected chi connectivity index (χ1v) is 6.40. The Kier molecular flexibility index (Phi) is 4.52. The van der Waals surface area contributed by atoms with Gasteiger partial charge in [-0.15, -0.1) is 0 Å². The molecule has 5 nitrogen and oxygen atoms in total. The van der Waals surface area contributed by atoms with Gasteiger partial charge in [-0.25, -0.2) is 4.98 Å². The van der Waals surface area contributed by atoms with Gasteiger partial charge in [-0.3, -0.25) is 4.98 Å². The molecule has 19 heavy (non-hydrogen) atoms. The zero-order chi connectivity index (χ0) is 13.7. The van der Waals surface area contributed by atoms with Gasteiger partial charge in [0.1, 0.15) is 23.3 Å². The van der Waals surface area contributed by atoms with Crippen LogP contribution in [0.3, 0.4) is 0 Å². The van der Waals surface area contributed by atoms with Gasteiger partial charge in [0.25, 0.3) is 0 Å². The second-order valence-corrected chi connectivity index (χ2v) is 4.29. The zero-order valence-electron chi connectivity index (χ0n) is 11.5. The number of hydrogen-bond donors (Lipinski definition) is 1. The monoisotopic (exact) mass is 261 g/mol. The van der Waals surface area contributed by atoms with Crippen LogP contribution in [0.2, 0.25) is 0 Å². The number of aromatic nitrogens is 2. The highest BCUT2D eigenvalue weighted by molar-refractivity contribution is 5.28. The van der Waals surface area contributed by atoms with Crippen molar-refractivity contribution in [1.29, 1.82) is 0 Å². The number of aryl methyl sites for hydroxylation is 1. The van der Waals surface area contributed by atoms with Gasteiger partial charge in [0.2, 0.25) is 5.88 Å². The second-order valence-electron chi connectivity index (χ2n) is 4.29. The first-order valence-electron chi connectivity index (χ1n) is 6.40. The van der Waals surface area contributed by atoms with Gasteiger partial charge >= 0.3 is 0 Å². The van der Waals surface area contributed by atoms with E-state index in [1.807, 2.05) is 19.1 Å². The third-order valence-electron chi connectivity index (χ3n) is 2.80. The molecule has 5 heteroatoms. The molecule has 0 aliphatic carbocycles. The Balaban J connectivity index is 2.36. The molecule has 0 fully saturated rings. The fraction of sp³-hybridized carbons (Fsp3) is 0.429. The van der Waals surface area contributed by atoms with Crippen LogP contribution in [0.5, 0.6) is 5.88 Å². The quantitative estimate of drug-likeness (QED) is 0.865. The minimum atomic E-state index is -0.141. The van der Waals surface area contributed by atoms with Gasteiger partial charge in [-0.05, 0) is 32.0 Å².